The smallest absolute Gasteiger partial charge is 0.129 e. The number of rotatable bonds is 11. The number of Topliss-reactive ketones (excluding diaryl/α,β-unsaturated/α-hetero) is 1. The van der Waals surface area contributed by atoms with Gasteiger partial charge >= 0.3 is 0 Å². The van der Waals surface area contributed by atoms with Crippen LogP contribution in [0.1, 0.15) is 26.2 Å². The molecule has 0 bridgehead atoms. The van der Waals surface area contributed by atoms with Crippen LogP contribution in [0.5, 0.6) is 0 Å². The first kappa shape index (κ1) is 18.4. The minimum Gasteiger partial charge on any atom is -0.394 e. The van der Waals surface area contributed by atoms with Crippen molar-refractivity contribution in [2.24, 2.45) is 0 Å². The Morgan fingerprint density at radius 3 is 2.16 bits per heavy atom. The third kappa shape index (κ3) is 8.25. The third-order valence-electron chi connectivity index (χ3n) is 2.81. The highest BCUT2D eigenvalue weighted by atomic mass is 16.4. The van der Waals surface area contributed by atoms with Crippen LogP contribution in [0.2, 0.25) is 0 Å². The summed E-state index contributed by atoms with van der Waals surface area (Å²) in [6, 6.07) is 0. The van der Waals surface area contributed by atoms with Crippen molar-refractivity contribution in [1.82, 2.24) is 5.32 Å². The molecule has 0 amide bonds. The predicted molar refractivity (Wildman–Crippen MR) is 68.5 cm³/mol. The number of hydrogen-bond donors (Lipinski definition) is 6. The molecule has 0 aliphatic rings. The normalized spacial score (nSPS) is 17.8. The monoisotopic (exact) mass is 279 g/mol. The van der Waals surface area contributed by atoms with Crippen molar-refractivity contribution in [3.05, 3.63) is 0 Å². The predicted octanol–water partition coefficient (Wildman–Crippen LogP) is -2.23. The molecule has 0 rings (SSSR count). The van der Waals surface area contributed by atoms with Crippen LogP contribution in [0.25, 0.3) is 0 Å². The Hall–Kier alpha value is -0.570. The Balaban J connectivity index is 3.73. The van der Waals surface area contributed by atoms with Crippen LogP contribution < -0.4 is 5.32 Å². The number of aliphatic hydroxyl groups is 5. The van der Waals surface area contributed by atoms with E-state index in [0.717, 1.165) is 12.8 Å². The minimum atomic E-state index is -1.60. The molecule has 7 heteroatoms. The average molecular weight is 279 g/mol. The number of nitrogens with one attached hydrogen (secondary N) is 1. The van der Waals surface area contributed by atoms with Crippen molar-refractivity contribution in [3.8, 4) is 0 Å². The second-order valence-corrected chi connectivity index (χ2v) is 4.66. The van der Waals surface area contributed by atoms with Gasteiger partial charge in [-0.2, -0.15) is 0 Å². The van der Waals surface area contributed by atoms with Gasteiger partial charge in [-0.25, -0.2) is 0 Å². The van der Waals surface area contributed by atoms with E-state index in [9.17, 15) is 20.1 Å². The lowest BCUT2D eigenvalue weighted by atomic mass is 10.0. The maximum Gasteiger partial charge on any atom is 0.129 e. The van der Waals surface area contributed by atoms with Crippen molar-refractivity contribution < 1.29 is 30.3 Å². The molecule has 0 heterocycles. The summed E-state index contributed by atoms with van der Waals surface area (Å²) in [6.45, 7) is 1.47. The molecule has 19 heavy (non-hydrogen) atoms. The van der Waals surface area contributed by atoms with Gasteiger partial charge in [0.1, 0.15) is 24.1 Å². The summed E-state index contributed by atoms with van der Waals surface area (Å²) in [6.07, 6.45) is -3.82. The van der Waals surface area contributed by atoms with E-state index in [1.54, 1.807) is 0 Å². The van der Waals surface area contributed by atoms with Gasteiger partial charge in [0.2, 0.25) is 0 Å². The van der Waals surface area contributed by atoms with E-state index < -0.39 is 31.0 Å². The molecule has 0 aliphatic carbocycles. The maximum absolute atomic E-state index is 10.7. The zero-order valence-corrected chi connectivity index (χ0v) is 11.2. The van der Waals surface area contributed by atoms with Gasteiger partial charge in [0.05, 0.1) is 12.7 Å². The van der Waals surface area contributed by atoms with Crippen LogP contribution in [-0.2, 0) is 4.79 Å². The summed E-state index contributed by atoms with van der Waals surface area (Å²) < 4.78 is 0. The molecule has 0 saturated carbocycles. The Morgan fingerprint density at radius 1 is 1.05 bits per heavy atom. The van der Waals surface area contributed by atoms with E-state index in [1.807, 2.05) is 0 Å². The average Bonchev–Trinajstić information content (AvgIpc) is 2.39. The summed E-state index contributed by atoms with van der Waals surface area (Å²) in [7, 11) is 0. The van der Waals surface area contributed by atoms with Crippen molar-refractivity contribution >= 4 is 5.78 Å². The number of ketones is 1. The molecule has 6 N–H and O–H groups in total. The molecule has 0 aromatic rings. The van der Waals surface area contributed by atoms with E-state index in [1.165, 1.54) is 6.92 Å². The second-order valence-electron chi connectivity index (χ2n) is 4.66. The molecule has 114 valence electrons. The molecule has 0 aliphatic heterocycles. The number of unbranched alkanes of at least 4 members (excludes halogenated alkanes) is 1. The fourth-order valence-corrected chi connectivity index (χ4v) is 1.56. The van der Waals surface area contributed by atoms with E-state index >= 15 is 0 Å². The third-order valence-corrected chi connectivity index (χ3v) is 2.81. The first-order valence-corrected chi connectivity index (χ1v) is 6.43. The van der Waals surface area contributed by atoms with Gasteiger partial charge in [0, 0.05) is 13.0 Å². The van der Waals surface area contributed by atoms with E-state index in [4.69, 9.17) is 10.2 Å². The number of hydrogen-bond acceptors (Lipinski definition) is 7. The molecule has 0 aromatic carbocycles. The zero-order chi connectivity index (χ0) is 14.8. The lowest BCUT2D eigenvalue weighted by Crippen LogP contribution is -2.49. The summed E-state index contributed by atoms with van der Waals surface area (Å²) in [5.74, 6) is 0.136. The van der Waals surface area contributed by atoms with Crippen LogP contribution in [0.3, 0.4) is 0 Å². The standard InChI is InChI=1S/C12H25NO6/c1-8(15)4-2-3-5-13-6-9(16)11(18)12(19)10(17)7-14/h9-14,16-19H,2-7H2,1H3. The fraction of sp³-hybridized carbons (Fsp3) is 0.917. The van der Waals surface area contributed by atoms with Crippen LogP contribution in [0.15, 0.2) is 0 Å². The fourth-order valence-electron chi connectivity index (χ4n) is 1.56. The van der Waals surface area contributed by atoms with Crippen LogP contribution in [0, 0.1) is 0 Å². The maximum atomic E-state index is 10.7. The molecule has 0 spiro atoms. The highest BCUT2D eigenvalue weighted by Crippen LogP contribution is 2.04. The first-order chi connectivity index (χ1) is 8.90. The lowest BCUT2D eigenvalue weighted by molar-refractivity contribution is -0.117. The lowest BCUT2D eigenvalue weighted by Gasteiger charge is -2.25. The SMILES string of the molecule is CC(=O)CCCCNCC(O)C(O)C(O)C(O)CO. The van der Waals surface area contributed by atoms with Crippen molar-refractivity contribution in [3.63, 3.8) is 0 Å². The second kappa shape index (κ2) is 10.2. The minimum absolute atomic E-state index is 0.0520. The number of carbonyl (C=O) groups excluding carboxylic acids is 1. The Labute approximate surface area is 112 Å². The number of aliphatic hydroxyl groups excluding tert-OH is 5. The number of carbonyl (C=O) groups is 1. The van der Waals surface area contributed by atoms with Crippen LogP contribution >= 0.6 is 0 Å². The zero-order valence-electron chi connectivity index (χ0n) is 11.2. The van der Waals surface area contributed by atoms with Gasteiger partial charge in [0.25, 0.3) is 0 Å². The molecule has 7 nitrogen and oxygen atoms in total. The van der Waals surface area contributed by atoms with Crippen molar-refractivity contribution in [1.29, 1.82) is 0 Å². The summed E-state index contributed by atoms with van der Waals surface area (Å²) in [4.78, 5) is 10.7. The van der Waals surface area contributed by atoms with Crippen LogP contribution in [-0.4, -0.2) is 75.4 Å². The molecule has 0 saturated heterocycles. The molecule has 0 fully saturated rings. The van der Waals surface area contributed by atoms with Crippen molar-refractivity contribution in [2.45, 2.75) is 50.6 Å². The molecule has 4 unspecified atom stereocenters. The molecule has 4 atom stereocenters. The molecule has 0 aromatic heterocycles. The highest BCUT2D eigenvalue weighted by Gasteiger charge is 2.29. The van der Waals surface area contributed by atoms with Gasteiger partial charge in [-0.1, -0.05) is 0 Å². The van der Waals surface area contributed by atoms with Crippen molar-refractivity contribution in [2.75, 3.05) is 19.7 Å². The quantitative estimate of drug-likeness (QED) is 0.236. The van der Waals surface area contributed by atoms with E-state index in [-0.39, 0.29) is 12.3 Å². The summed E-state index contributed by atoms with van der Waals surface area (Å²) in [5.41, 5.74) is 0. The topological polar surface area (TPSA) is 130 Å². The van der Waals surface area contributed by atoms with E-state index in [0.29, 0.717) is 13.0 Å². The highest BCUT2D eigenvalue weighted by molar-refractivity contribution is 5.75. The van der Waals surface area contributed by atoms with Gasteiger partial charge in [-0.3, -0.25) is 0 Å². The molecular formula is C12H25NO6. The first-order valence-electron chi connectivity index (χ1n) is 6.43. The van der Waals surface area contributed by atoms with Gasteiger partial charge in [-0.05, 0) is 26.3 Å². The van der Waals surface area contributed by atoms with E-state index in [2.05, 4.69) is 5.32 Å². The largest absolute Gasteiger partial charge is 0.394 e. The van der Waals surface area contributed by atoms with Gasteiger partial charge in [-0.15, -0.1) is 0 Å². The molecular weight excluding hydrogens is 254 g/mol. The van der Waals surface area contributed by atoms with Gasteiger partial charge in [0.15, 0.2) is 0 Å². The Kier molecular flexibility index (Phi) is 9.94. The summed E-state index contributed by atoms with van der Waals surface area (Å²) in [5, 5.41) is 49.0. The molecule has 0 radical (unpaired) electrons. The van der Waals surface area contributed by atoms with Gasteiger partial charge < -0.3 is 35.6 Å². The Bertz CT molecular complexity index is 250. The van der Waals surface area contributed by atoms with Crippen LogP contribution in [0.4, 0.5) is 0 Å². The summed E-state index contributed by atoms with van der Waals surface area (Å²) >= 11 is 0. The Morgan fingerprint density at radius 2 is 1.63 bits per heavy atom.